The smallest absolute Gasteiger partial charge is 0.337 e. The maximum atomic E-state index is 10.7. The lowest BCUT2D eigenvalue weighted by Gasteiger charge is -2.05. The predicted octanol–water partition coefficient (Wildman–Crippen LogP) is -0.323. The van der Waals surface area contributed by atoms with E-state index in [0.717, 1.165) is 0 Å². The van der Waals surface area contributed by atoms with Crippen LogP contribution in [0.5, 0.6) is 0 Å². The second-order valence-corrected chi connectivity index (χ2v) is 2.55. The molecule has 0 fully saturated rings. The number of hydrogen-bond acceptors (Lipinski definition) is 4. The number of carboxylic acids is 1. The van der Waals surface area contributed by atoms with Crippen LogP contribution in [-0.2, 0) is 4.79 Å². The molecule has 0 radical (unpaired) electrons. The SMILES string of the molecule is NC(=O)CNc1cnccc1C(=O)O. The van der Waals surface area contributed by atoms with Crippen molar-refractivity contribution in [3.05, 3.63) is 24.0 Å². The van der Waals surface area contributed by atoms with Crippen molar-refractivity contribution in [2.45, 2.75) is 0 Å². The van der Waals surface area contributed by atoms with Crippen molar-refractivity contribution in [1.29, 1.82) is 0 Å². The fraction of sp³-hybridized carbons (Fsp3) is 0.125. The van der Waals surface area contributed by atoms with Crippen LogP contribution in [0, 0.1) is 0 Å². The average Bonchev–Trinajstić information content (AvgIpc) is 2.15. The average molecular weight is 195 g/mol. The van der Waals surface area contributed by atoms with Gasteiger partial charge in [-0.1, -0.05) is 0 Å². The molecular formula is C8H9N3O3. The lowest BCUT2D eigenvalue weighted by atomic mass is 10.2. The molecule has 1 aromatic rings. The molecule has 0 spiro atoms. The van der Waals surface area contributed by atoms with Gasteiger partial charge in [0, 0.05) is 6.20 Å². The summed E-state index contributed by atoms with van der Waals surface area (Å²) in [4.78, 5) is 24.9. The molecule has 1 rings (SSSR count). The van der Waals surface area contributed by atoms with Gasteiger partial charge in [0.15, 0.2) is 0 Å². The number of aromatic nitrogens is 1. The van der Waals surface area contributed by atoms with Crippen molar-refractivity contribution in [2.75, 3.05) is 11.9 Å². The van der Waals surface area contributed by atoms with E-state index in [1.807, 2.05) is 0 Å². The van der Waals surface area contributed by atoms with Gasteiger partial charge in [-0.25, -0.2) is 4.79 Å². The zero-order chi connectivity index (χ0) is 10.6. The van der Waals surface area contributed by atoms with E-state index < -0.39 is 11.9 Å². The summed E-state index contributed by atoms with van der Waals surface area (Å²) in [6.07, 6.45) is 2.69. The molecule has 14 heavy (non-hydrogen) atoms. The lowest BCUT2D eigenvalue weighted by molar-refractivity contribution is -0.116. The number of pyridine rings is 1. The number of amides is 1. The fourth-order valence-electron chi connectivity index (χ4n) is 0.904. The van der Waals surface area contributed by atoms with Gasteiger partial charge in [-0.3, -0.25) is 9.78 Å². The number of nitrogens with one attached hydrogen (secondary N) is 1. The molecule has 1 heterocycles. The topological polar surface area (TPSA) is 105 Å². The highest BCUT2D eigenvalue weighted by atomic mass is 16.4. The minimum Gasteiger partial charge on any atom is -0.478 e. The third-order valence-corrected chi connectivity index (χ3v) is 1.50. The molecule has 0 atom stereocenters. The summed E-state index contributed by atoms with van der Waals surface area (Å²) in [5.41, 5.74) is 5.23. The Morgan fingerprint density at radius 2 is 2.29 bits per heavy atom. The van der Waals surface area contributed by atoms with Crippen molar-refractivity contribution in [2.24, 2.45) is 5.73 Å². The zero-order valence-electron chi connectivity index (χ0n) is 7.23. The van der Waals surface area contributed by atoms with Crippen LogP contribution in [0.1, 0.15) is 10.4 Å². The summed E-state index contributed by atoms with van der Waals surface area (Å²) in [6.45, 7) is -0.119. The molecule has 6 heteroatoms. The summed E-state index contributed by atoms with van der Waals surface area (Å²) in [6, 6.07) is 1.34. The Morgan fingerprint density at radius 1 is 1.57 bits per heavy atom. The first-order valence-electron chi connectivity index (χ1n) is 3.80. The molecule has 0 aromatic carbocycles. The summed E-state index contributed by atoms with van der Waals surface area (Å²) in [5.74, 6) is -1.65. The van der Waals surface area contributed by atoms with Crippen LogP contribution in [0.15, 0.2) is 18.5 Å². The summed E-state index contributed by atoms with van der Waals surface area (Å²) in [7, 11) is 0. The summed E-state index contributed by atoms with van der Waals surface area (Å²) < 4.78 is 0. The molecule has 1 amide bonds. The molecule has 1 aromatic heterocycles. The van der Waals surface area contributed by atoms with Crippen molar-refractivity contribution >= 4 is 17.6 Å². The van der Waals surface area contributed by atoms with Gasteiger partial charge in [0.25, 0.3) is 0 Å². The van der Waals surface area contributed by atoms with E-state index in [2.05, 4.69) is 10.3 Å². The number of carboxylic acid groups (broad SMARTS) is 1. The molecule has 0 aliphatic carbocycles. The molecule has 0 unspecified atom stereocenters. The van der Waals surface area contributed by atoms with Crippen LogP contribution in [0.4, 0.5) is 5.69 Å². The maximum absolute atomic E-state index is 10.7. The van der Waals surface area contributed by atoms with Crippen LogP contribution in [-0.4, -0.2) is 28.5 Å². The van der Waals surface area contributed by atoms with Crippen molar-refractivity contribution in [1.82, 2.24) is 4.98 Å². The molecule has 74 valence electrons. The minimum absolute atomic E-state index is 0.0567. The Hall–Kier alpha value is -2.11. The number of rotatable bonds is 4. The van der Waals surface area contributed by atoms with E-state index in [0.29, 0.717) is 0 Å². The second-order valence-electron chi connectivity index (χ2n) is 2.55. The number of hydrogen-bond donors (Lipinski definition) is 3. The molecule has 0 saturated carbocycles. The third-order valence-electron chi connectivity index (χ3n) is 1.50. The molecule has 6 nitrogen and oxygen atoms in total. The first-order chi connectivity index (χ1) is 6.61. The first kappa shape index (κ1) is 9.97. The number of anilines is 1. The van der Waals surface area contributed by atoms with Crippen molar-refractivity contribution in [3.63, 3.8) is 0 Å². The standard InChI is InChI=1S/C8H9N3O3/c9-7(12)4-11-6-3-10-2-1-5(6)8(13)14/h1-3,11H,4H2,(H2,9,12)(H,13,14). The highest BCUT2D eigenvalue weighted by Crippen LogP contribution is 2.12. The van der Waals surface area contributed by atoms with Gasteiger partial charge in [0.05, 0.1) is 24.0 Å². The van der Waals surface area contributed by atoms with E-state index in [1.165, 1.54) is 18.5 Å². The number of nitrogens with zero attached hydrogens (tertiary/aromatic N) is 1. The maximum Gasteiger partial charge on any atom is 0.337 e. The van der Waals surface area contributed by atoms with Crippen LogP contribution < -0.4 is 11.1 Å². The Labute approximate surface area is 79.8 Å². The normalized spacial score (nSPS) is 9.43. The second kappa shape index (κ2) is 4.22. The van der Waals surface area contributed by atoms with Gasteiger partial charge in [0.1, 0.15) is 0 Å². The number of carbonyl (C=O) groups is 2. The van der Waals surface area contributed by atoms with Gasteiger partial charge in [-0.05, 0) is 6.07 Å². The van der Waals surface area contributed by atoms with Crippen LogP contribution in [0.2, 0.25) is 0 Å². The molecule has 4 N–H and O–H groups in total. The largest absolute Gasteiger partial charge is 0.478 e. The van der Waals surface area contributed by atoms with Gasteiger partial charge in [-0.2, -0.15) is 0 Å². The highest BCUT2D eigenvalue weighted by Gasteiger charge is 2.09. The van der Waals surface area contributed by atoms with Crippen molar-refractivity contribution < 1.29 is 14.7 Å². The lowest BCUT2D eigenvalue weighted by Crippen LogP contribution is -2.22. The number of nitrogens with two attached hydrogens (primary N) is 1. The van der Waals surface area contributed by atoms with Gasteiger partial charge >= 0.3 is 5.97 Å². The van der Waals surface area contributed by atoms with Crippen LogP contribution in [0.3, 0.4) is 0 Å². The van der Waals surface area contributed by atoms with Crippen molar-refractivity contribution in [3.8, 4) is 0 Å². The Kier molecular flexibility index (Phi) is 3.01. The predicted molar refractivity (Wildman–Crippen MR) is 48.9 cm³/mol. The first-order valence-corrected chi connectivity index (χ1v) is 3.80. The van der Waals surface area contributed by atoms with E-state index in [1.54, 1.807) is 0 Å². The Bertz CT molecular complexity index is 365. The molecule has 0 saturated heterocycles. The fourth-order valence-corrected chi connectivity index (χ4v) is 0.904. The van der Waals surface area contributed by atoms with Gasteiger partial charge < -0.3 is 16.2 Å². The van der Waals surface area contributed by atoms with Crippen LogP contribution >= 0.6 is 0 Å². The molecule has 0 aliphatic rings. The molecule has 0 bridgehead atoms. The quantitative estimate of drug-likeness (QED) is 0.610. The minimum atomic E-state index is -1.08. The Balaban J connectivity index is 2.84. The van der Waals surface area contributed by atoms with Gasteiger partial charge in [0.2, 0.25) is 5.91 Å². The van der Waals surface area contributed by atoms with E-state index in [4.69, 9.17) is 10.8 Å². The van der Waals surface area contributed by atoms with E-state index in [9.17, 15) is 9.59 Å². The van der Waals surface area contributed by atoms with Crippen LogP contribution in [0.25, 0.3) is 0 Å². The van der Waals surface area contributed by atoms with E-state index >= 15 is 0 Å². The summed E-state index contributed by atoms with van der Waals surface area (Å²) >= 11 is 0. The highest BCUT2D eigenvalue weighted by molar-refractivity contribution is 5.94. The third kappa shape index (κ3) is 2.44. The summed E-state index contributed by atoms with van der Waals surface area (Å²) in [5, 5.41) is 11.3. The Morgan fingerprint density at radius 3 is 2.86 bits per heavy atom. The van der Waals surface area contributed by atoms with E-state index in [-0.39, 0.29) is 17.8 Å². The molecule has 0 aliphatic heterocycles. The number of primary amides is 1. The van der Waals surface area contributed by atoms with Gasteiger partial charge in [-0.15, -0.1) is 0 Å². The monoisotopic (exact) mass is 195 g/mol. The zero-order valence-corrected chi connectivity index (χ0v) is 7.23. The molecular weight excluding hydrogens is 186 g/mol. The number of carbonyl (C=O) groups excluding carboxylic acids is 1. The number of aromatic carboxylic acids is 1.